The van der Waals surface area contributed by atoms with Crippen molar-refractivity contribution in [3.8, 4) is 0 Å². The molecule has 0 aromatic rings. The van der Waals surface area contributed by atoms with Gasteiger partial charge in [-0.1, -0.05) is 0 Å². The third kappa shape index (κ3) is 4.71. The van der Waals surface area contributed by atoms with Crippen LogP contribution in [0.15, 0.2) is 0 Å². The van der Waals surface area contributed by atoms with Gasteiger partial charge in [0.05, 0.1) is 6.61 Å². The monoisotopic (exact) mass is 286 g/mol. The van der Waals surface area contributed by atoms with E-state index in [9.17, 15) is 14.4 Å². The van der Waals surface area contributed by atoms with E-state index >= 15 is 0 Å². The topological polar surface area (TPSA) is 95.9 Å². The number of urea groups is 1. The molecule has 0 spiro atoms. The van der Waals surface area contributed by atoms with E-state index in [0.29, 0.717) is 0 Å². The molecule has 1 atom stereocenters. The Morgan fingerprint density at radius 2 is 1.95 bits per heavy atom. The van der Waals surface area contributed by atoms with Crippen molar-refractivity contribution in [2.75, 3.05) is 13.2 Å². The number of carboxylic acids is 1. The molecule has 0 aromatic heterocycles. The minimum absolute atomic E-state index is 0.00643. The second kappa shape index (κ2) is 7.12. The van der Waals surface area contributed by atoms with Crippen LogP contribution in [-0.2, 0) is 14.3 Å². The van der Waals surface area contributed by atoms with Crippen LogP contribution in [0.4, 0.5) is 4.79 Å². The molecule has 2 N–H and O–H groups in total. The first-order chi connectivity index (χ1) is 9.36. The predicted molar refractivity (Wildman–Crippen MR) is 71.2 cm³/mol. The van der Waals surface area contributed by atoms with Crippen LogP contribution in [0.5, 0.6) is 0 Å². The van der Waals surface area contributed by atoms with Gasteiger partial charge in [-0.05, 0) is 39.5 Å². The summed E-state index contributed by atoms with van der Waals surface area (Å²) in [6.45, 7) is 5.25. The van der Waals surface area contributed by atoms with Gasteiger partial charge < -0.3 is 20.1 Å². The van der Waals surface area contributed by atoms with Gasteiger partial charge in [0.15, 0.2) is 0 Å². The first kappa shape index (κ1) is 16.3. The zero-order chi connectivity index (χ0) is 15.3. The van der Waals surface area contributed by atoms with Crippen molar-refractivity contribution in [3.63, 3.8) is 0 Å². The quantitative estimate of drug-likeness (QED) is 0.676. The molecule has 2 amide bonds. The summed E-state index contributed by atoms with van der Waals surface area (Å²) in [4.78, 5) is 36.0. The summed E-state index contributed by atoms with van der Waals surface area (Å²) < 4.78 is 4.81. The molecule has 1 aliphatic rings. The van der Waals surface area contributed by atoms with E-state index in [4.69, 9.17) is 9.84 Å². The largest absolute Gasteiger partial charge is 0.480 e. The van der Waals surface area contributed by atoms with Crippen LogP contribution < -0.4 is 5.32 Å². The van der Waals surface area contributed by atoms with Crippen LogP contribution in [0.3, 0.4) is 0 Å². The summed E-state index contributed by atoms with van der Waals surface area (Å²) in [5.41, 5.74) is 0. The summed E-state index contributed by atoms with van der Waals surface area (Å²) in [6, 6.07) is -1.66. The Hall–Kier alpha value is -1.79. The lowest BCUT2D eigenvalue weighted by Crippen LogP contribution is -2.52. The molecule has 0 heterocycles. The average Bonchev–Trinajstić information content (AvgIpc) is 3.16. The molecule has 7 heteroatoms. The molecule has 0 radical (unpaired) electrons. The van der Waals surface area contributed by atoms with Crippen LogP contribution in [0, 0.1) is 5.92 Å². The van der Waals surface area contributed by atoms with Crippen LogP contribution in [-0.4, -0.2) is 53.2 Å². The molecule has 1 saturated carbocycles. The molecular weight excluding hydrogens is 264 g/mol. The van der Waals surface area contributed by atoms with Gasteiger partial charge in [0.1, 0.15) is 12.6 Å². The number of hydrogen-bond donors (Lipinski definition) is 2. The Bertz CT molecular complexity index is 379. The molecule has 0 aliphatic heterocycles. The van der Waals surface area contributed by atoms with Crippen molar-refractivity contribution in [1.29, 1.82) is 0 Å². The Kier molecular flexibility index (Phi) is 5.79. The summed E-state index contributed by atoms with van der Waals surface area (Å²) in [5.74, 6) is -1.55. The van der Waals surface area contributed by atoms with Crippen molar-refractivity contribution in [1.82, 2.24) is 10.2 Å². The highest BCUT2D eigenvalue weighted by Crippen LogP contribution is 2.32. The second-order valence-electron chi connectivity index (χ2n) is 5.13. The highest BCUT2D eigenvalue weighted by atomic mass is 16.5. The van der Waals surface area contributed by atoms with Gasteiger partial charge in [-0.2, -0.15) is 0 Å². The van der Waals surface area contributed by atoms with Crippen molar-refractivity contribution in [3.05, 3.63) is 0 Å². The van der Waals surface area contributed by atoms with Crippen LogP contribution in [0.1, 0.15) is 33.6 Å². The number of nitrogens with one attached hydrogen (secondary N) is 1. The zero-order valence-electron chi connectivity index (χ0n) is 12.1. The number of carbonyl (C=O) groups is 3. The molecule has 0 aromatic carbocycles. The SMILES string of the molecule is CCOC(=O)CN(C(=O)NC(C(=O)O)C1CC1)C(C)C. The first-order valence-corrected chi connectivity index (χ1v) is 6.82. The van der Waals surface area contributed by atoms with Gasteiger partial charge >= 0.3 is 18.0 Å². The third-order valence-corrected chi connectivity index (χ3v) is 3.13. The van der Waals surface area contributed by atoms with E-state index in [-0.39, 0.29) is 25.1 Å². The fourth-order valence-corrected chi connectivity index (χ4v) is 1.86. The highest BCUT2D eigenvalue weighted by molar-refractivity contribution is 5.85. The fourth-order valence-electron chi connectivity index (χ4n) is 1.86. The van der Waals surface area contributed by atoms with Crippen molar-refractivity contribution < 1.29 is 24.2 Å². The minimum Gasteiger partial charge on any atom is -0.480 e. The Morgan fingerprint density at radius 1 is 1.35 bits per heavy atom. The summed E-state index contributed by atoms with van der Waals surface area (Å²) >= 11 is 0. The summed E-state index contributed by atoms with van der Waals surface area (Å²) in [6.07, 6.45) is 1.60. The normalized spacial score (nSPS) is 15.6. The number of nitrogens with zero attached hydrogens (tertiary/aromatic N) is 1. The van der Waals surface area contributed by atoms with Crippen molar-refractivity contribution in [2.24, 2.45) is 5.92 Å². The van der Waals surface area contributed by atoms with Crippen LogP contribution in [0.25, 0.3) is 0 Å². The van der Waals surface area contributed by atoms with E-state index in [0.717, 1.165) is 12.8 Å². The smallest absolute Gasteiger partial charge is 0.326 e. The van der Waals surface area contributed by atoms with E-state index in [2.05, 4.69) is 5.32 Å². The molecular formula is C13H22N2O5. The highest BCUT2D eigenvalue weighted by Gasteiger charge is 2.38. The Balaban J connectivity index is 2.63. The fraction of sp³-hybridized carbons (Fsp3) is 0.769. The standard InChI is InChI=1S/C13H22N2O5/c1-4-20-10(16)7-15(8(2)3)13(19)14-11(12(17)18)9-5-6-9/h8-9,11H,4-7H2,1-3H3,(H,14,19)(H,17,18). The molecule has 1 rings (SSSR count). The number of carbonyl (C=O) groups excluding carboxylic acids is 2. The number of esters is 1. The number of amides is 2. The van der Waals surface area contributed by atoms with E-state index in [1.165, 1.54) is 4.90 Å². The van der Waals surface area contributed by atoms with Gasteiger partial charge in [-0.15, -0.1) is 0 Å². The van der Waals surface area contributed by atoms with Crippen LogP contribution >= 0.6 is 0 Å². The van der Waals surface area contributed by atoms with E-state index in [1.807, 2.05) is 0 Å². The average molecular weight is 286 g/mol. The number of ether oxygens (including phenoxy) is 1. The van der Waals surface area contributed by atoms with Gasteiger partial charge in [0.25, 0.3) is 0 Å². The predicted octanol–water partition coefficient (Wildman–Crippen LogP) is 0.833. The lowest BCUT2D eigenvalue weighted by molar-refractivity contribution is -0.144. The molecule has 1 fully saturated rings. The van der Waals surface area contributed by atoms with Crippen molar-refractivity contribution in [2.45, 2.75) is 45.7 Å². The molecule has 1 unspecified atom stereocenters. The first-order valence-electron chi connectivity index (χ1n) is 6.82. The molecule has 20 heavy (non-hydrogen) atoms. The van der Waals surface area contributed by atoms with Crippen molar-refractivity contribution >= 4 is 18.0 Å². The maximum absolute atomic E-state index is 12.1. The molecule has 0 saturated heterocycles. The number of hydrogen-bond acceptors (Lipinski definition) is 4. The Morgan fingerprint density at radius 3 is 2.35 bits per heavy atom. The van der Waals surface area contributed by atoms with Gasteiger partial charge in [-0.25, -0.2) is 9.59 Å². The summed E-state index contributed by atoms with van der Waals surface area (Å²) in [7, 11) is 0. The van der Waals surface area contributed by atoms with Crippen LogP contribution in [0.2, 0.25) is 0 Å². The lowest BCUT2D eigenvalue weighted by Gasteiger charge is -2.27. The second-order valence-corrected chi connectivity index (χ2v) is 5.13. The summed E-state index contributed by atoms with van der Waals surface area (Å²) in [5, 5.41) is 11.6. The third-order valence-electron chi connectivity index (χ3n) is 3.13. The van der Waals surface area contributed by atoms with Gasteiger partial charge in [-0.3, -0.25) is 4.79 Å². The molecule has 1 aliphatic carbocycles. The lowest BCUT2D eigenvalue weighted by atomic mass is 10.2. The number of carboxylic acid groups (broad SMARTS) is 1. The number of rotatable bonds is 7. The van der Waals surface area contributed by atoms with Gasteiger partial charge in [0, 0.05) is 6.04 Å². The number of aliphatic carboxylic acids is 1. The molecule has 7 nitrogen and oxygen atoms in total. The van der Waals surface area contributed by atoms with E-state index in [1.54, 1.807) is 20.8 Å². The van der Waals surface area contributed by atoms with Gasteiger partial charge in [0.2, 0.25) is 0 Å². The van der Waals surface area contributed by atoms with E-state index < -0.39 is 24.0 Å². The molecule has 114 valence electrons. The molecule has 0 bridgehead atoms. The maximum Gasteiger partial charge on any atom is 0.326 e. The maximum atomic E-state index is 12.1. The minimum atomic E-state index is -1.04. The Labute approximate surface area is 118 Å². The zero-order valence-corrected chi connectivity index (χ0v) is 12.1.